The van der Waals surface area contributed by atoms with E-state index in [1.165, 1.54) is 24.6 Å². The molecule has 0 aliphatic carbocycles. The molecular weight excluding hydrogens is 476 g/mol. The van der Waals surface area contributed by atoms with Crippen molar-refractivity contribution in [3.8, 4) is 11.5 Å². The minimum Gasteiger partial charge on any atom is -0.493 e. The first kappa shape index (κ1) is 25.1. The van der Waals surface area contributed by atoms with Gasteiger partial charge in [0.25, 0.3) is 15.9 Å². The average molecular weight is 505 g/mol. The minimum absolute atomic E-state index is 0.0182. The summed E-state index contributed by atoms with van der Waals surface area (Å²) in [5.41, 5.74) is 2.94. The van der Waals surface area contributed by atoms with Gasteiger partial charge in [-0.3, -0.25) is 9.10 Å². The van der Waals surface area contributed by atoms with Crippen LogP contribution in [0, 0.1) is 0 Å². The Balaban J connectivity index is 1.86. The molecule has 0 bridgehead atoms. The zero-order valence-electron chi connectivity index (χ0n) is 20.4. The minimum atomic E-state index is -4.21. The van der Waals surface area contributed by atoms with Crippen LogP contribution >= 0.6 is 0 Å². The van der Waals surface area contributed by atoms with Crippen molar-refractivity contribution in [1.29, 1.82) is 0 Å². The van der Waals surface area contributed by atoms with Crippen LogP contribution in [0.5, 0.6) is 11.5 Å². The number of nitrogens with one attached hydrogen (secondary N) is 1. The number of nitrogens with zero attached hydrogens (tertiary/aromatic N) is 1. The van der Waals surface area contributed by atoms with Gasteiger partial charge in [0.15, 0.2) is 16.4 Å². The van der Waals surface area contributed by atoms with Crippen molar-refractivity contribution in [2.45, 2.75) is 13.0 Å². The van der Waals surface area contributed by atoms with E-state index in [1.807, 2.05) is 60.7 Å². The van der Waals surface area contributed by atoms with Gasteiger partial charge in [0, 0.05) is 11.6 Å². The zero-order valence-corrected chi connectivity index (χ0v) is 21.2. The van der Waals surface area contributed by atoms with E-state index in [-0.39, 0.29) is 11.4 Å². The van der Waals surface area contributed by atoms with Gasteiger partial charge in [-0.1, -0.05) is 66.7 Å². The van der Waals surface area contributed by atoms with Crippen LogP contribution in [0.1, 0.15) is 29.7 Å². The topological polar surface area (TPSA) is 84.9 Å². The zero-order chi connectivity index (χ0) is 25.9. The number of allylic oxidation sites excluding steroid dienone is 1. The number of amides is 1. The third kappa shape index (κ3) is 4.47. The fourth-order valence-electron chi connectivity index (χ4n) is 4.38. The van der Waals surface area contributed by atoms with E-state index in [0.29, 0.717) is 28.3 Å². The number of sulfonamides is 1. The lowest BCUT2D eigenvalue weighted by Crippen LogP contribution is -2.42. The Hall–Kier alpha value is -4.04. The third-order valence-electron chi connectivity index (χ3n) is 6.11. The second-order valence-electron chi connectivity index (χ2n) is 8.23. The van der Waals surface area contributed by atoms with Gasteiger partial charge in [0.2, 0.25) is 0 Å². The Kier molecular flexibility index (Phi) is 7.17. The lowest BCUT2D eigenvalue weighted by atomic mass is 9.98. The Bertz CT molecular complexity index is 1380. The van der Waals surface area contributed by atoms with Gasteiger partial charge in [0.1, 0.15) is 0 Å². The number of rotatable bonds is 8. The highest BCUT2D eigenvalue weighted by Crippen LogP contribution is 2.45. The second kappa shape index (κ2) is 10.3. The number of hydrogen-bond acceptors (Lipinski definition) is 5. The smallest absolute Gasteiger partial charge is 0.270 e. The van der Waals surface area contributed by atoms with Crippen molar-refractivity contribution in [2.24, 2.45) is 0 Å². The predicted octanol–water partition coefficient (Wildman–Crippen LogP) is 4.68. The van der Waals surface area contributed by atoms with Crippen LogP contribution in [0.4, 0.5) is 5.69 Å². The predicted molar refractivity (Wildman–Crippen MR) is 141 cm³/mol. The van der Waals surface area contributed by atoms with Crippen LogP contribution < -0.4 is 19.1 Å². The van der Waals surface area contributed by atoms with Crippen LogP contribution in [0.2, 0.25) is 0 Å². The van der Waals surface area contributed by atoms with Crippen molar-refractivity contribution in [3.63, 3.8) is 0 Å². The molecule has 0 saturated heterocycles. The van der Waals surface area contributed by atoms with Crippen molar-refractivity contribution in [1.82, 2.24) is 5.32 Å². The summed E-state index contributed by atoms with van der Waals surface area (Å²) in [4.78, 5) is 13.4. The van der Waals surface area contributed by atoms with E-state index in [4.69, 9.17) is 9.47 Å². The molecule has 1 aliphatic heterocycles. The van der Waals surface area contributed by atoms with E-state index in [1.54, 1.807) is 19.1 Å². The molecule has 0 atom stereocenters. The van der Waals surface area contributed by atoms with Gasteiger partial charge >= 0.3 is 0 Å². The lowest BCUT2D eigenvalue weighted by Gasteiger charge is -2.33. The third-order valence-corrected chi connectivity index (χ3v) is 8.04. The highest BCUT2D eigenvalue weighted by atomic mass is 32.2. The Morgan fingerprint density at radius 1 is 0.972 bits per heavy atom. The van der Waals surface area contributed by atoms with E-state index in [9.17, 15) is 13.2 Å². The normalized spacial score (nSPS) is 14.3. The molecule has 0 spiro atoms. The monoisotopic (exact) mass is 504 g/mol. The first-order valence-electron chi connectivity index (χ1n) is 11.3. The van der Waals surface area contributed by atoms with Gasteiger partial charge in [0.05, 0.1) is 32.5 Å². The maximum Gasteiger partial charge on any atom is 0.270 e. The number of hydrogen-bond donors (Lipinski definition) is 1. The molecule has 3 aromatic rings. The average Bonchev–Trinajstić information content (AvgIpc) is 2.89. The molecule has 4 rings (SSSR count). The summed E-state index contributed by atoms with van der Waals surface area (Å²) in [6.07, 6.45) is 1.48. The summed E-state index contributed by atoms with van der Waals surface area (Å²) in [5.74, 6) is 0.119. The van der Waals surface area contributed by atoms with Crippen molar-refractivity contribution >= 4 is 27.2 Å². The molecule has 1 amide bonds. The number of methoxy groups -OCH3 is 2. The maximum atomic E-state index is 13.8. The van der Waals surface area contributed by atoms with Gasteiger partial charge < -0.3 is 14.8 Å². The molecule has 0 fully saturated rings. The Morgan fingerprint density at radius 2 is 1.50 bits per heavy atom. The first-order valence-corrected chi connectivity index (χ1v) is 12.8. The number of carbonyl (C=O) groups excluding carboxylic acids is 1. The second-order valence-corrected chi connectivity index (χ2v) is 10.0. The summed E-state index contributed by atoms with van der Waals surface area (Å²) < 4.78 is 39.6. The van der Waals surface area contributed by atoms with E-state index in [2.05, 4.69) is 11.9 Å². The standard InChI is InChI=1S/C28H28N2O5S/c1-5-16-30-23-18-25(35-4)24(34-3)17-22(23)19(2)27(36(30,32)33)28(31)29-26(20-12-8-6-9-13-20)21-14-10-7-11-15-21/h5-15,17-18,26H,1,16H2,2-4H3,(H,29,31). The summed E-state index contributed by atoms with van der Waals surface area (Å²) in [7, 11) is -1.23. The SMILES string of the molecule is C=CCN1c2cc(OC)c(OC)cc2C(C)=C(C(=O)NC(c2ccccc2)c2ccccc2)S1(=O)=O. The van der Waals surface area contributed by atoms with Crippen LogP contribution in [0.3, 0.4) is 0 Å². The van der Waals surface area contributed by atoms with Crippen molar-refractivity contribution in [3.05, 3.63) is 107 Å². The largest absolute Gasteiger partial charge is 0.493 e. The summed E-state index contributed by atoms with van der Waals surface area (Å²) in [5, 5.41) is 2.97. The molecule has 0 aromatic heterocycles. The molecule has 36 heavy (non-hydrogen) atoms. The van der Waals surface area contributed by atoms with Gasteiger partial charge in [-0.25, -0.2) is 8.42 Å². The number of carbonyl (C=O) groups is 1. The molecule has 0 unspecified atom stereocenters. The highest BCUT2D eigenvalue weighted by Gasteiger charge is 2.40. The van der Waals surface area contributed by atoms with Crippen LogP contribution in [0.25, 0.3) is 5.57 Å². The fraction of sp³-hybridized carbons (Fsp3) is 0.179. The molecule has 8 heteroatoms. The molecular formula is C28H28N2O5S. The first-order chi connectivity index (χ1) is 17.3. The molecule has 3 aromatic carbocycles. The molecule has 0 radical (unpaired) electrons. The van der Waals surface area contributed by atoms with Crippen molar-refractivity contribution in [2.75, 3.05) is 25.1 Å². The summed E-state index contributed by atoms with van der Waals surface area (Å²) in [6.45, 7) is 5.32. The fourth-order valence-corrected chi connectivity index (χ4v) is 6.10. The molecule has 186 valence electrons. The Labute approximate surface area is 211 Å². The Morgan fingerprint density at radius 3 is 2.00 bits per heavy atom. The van der Waals surface area contributed by atoms with Crippen LogP contribution in [0.15, 0.2) is 90.4 Å². The maximum absolute atomic E-state index is 13.8. The number of fused-ring (bicyclic) bond motifs is 1. The summed E-state index contributed by atoms with van der Waals surface area (Å²) in [6, 6.07) is 21.6. The molecule has 0 saturated carbocycles. The number of benzene rings is 3. The molecule has 7 nitrogen and oxygen atoms in total. The lowest BCUT2D eigenvalue weighted by molar-refractivity contribution is -0.117. The molecule has 1 heterocycles. The van der Waals surface area contributed by atoms with E-state index in [0.717, 1.165) is 11.1 Å². The van der Waals surface area contributed by atoms with Gasteiger partial charge in [-0.15, -0.1) is 6.58 Å². The van der Waals surface area contributed by atoms with Gasteiger partial charge in [-0.2, -0.15) is 0 Å². The van der Waals surface area contributed by atoms with Crippen LogP contribution in [-0.4, -0.2) is 35.1 Å². The quantitative estimate of drug-likeness (QED) is 0.451. The van der Waals surface area contributed by atoms with Crippen molar-refractivity contribution < 1.29 is 22.7 Å². The molecule has 1 N–H and O–H groups in total. The number of ether oxygens (including phenoxy) is 2. The number of anilines is 1. The summed E-state index contributed by atoms with van der Waals surface area (Å²) >= 11 is 0. The molecule has 1 aliphatic rings. The highest BCUT2D eigenvalue weighted by molar-refractivity contribution is 7.97. The van der Waals surface area contributed by atoms with E-state index >= 15 is 0 Å². The van der Waals surface area contributed by atoms with E-state index < -0.39 is 22.0 Å². The van der Waals surface area contributed by atoms with Gasteiger partial charge in [-0.05, 0) is 29.7 Å². The van der Waals surface area contributed by atoms with Crippen LogP contribution in [-0.2, 0) is 14.8 Å².